The summed E-state index contributed by atoms with van der Waals surface area (Å²) in [5, 5.41) is 0. The molecule has 15 heavy (non-hydrogen) atoms. The fourth-order valence-corrected chi connectivity index (χ4v) is 2.01. The van der Waals surface area contributed by atoms with E-state index in [1.165, 1.54) is 14.2 Å². The van der Waals surface area contributed by atoms with Crippen molar-refractivity contribution in [1.29, 1.82) is 0 Å². The molecule has 1 rings (SSSR count). The SMILES string of the molecule is COC(OC)[O][Ti](=[O])[O]c1ccccc1. The minimum absolute atomic E-state index is 0.508. The first-order valence-corrected chi connectivity index (χ1v) is 6.16. The van der Waals surface area contributed by atoms with E-state index in [-0.39, 0.29) is 0 Å². The Morgan fingerprint density at radius 1 is 1.13 bits per heavy atom. The van der Waals surface area contributed by atoms with Crippen LogP contribution in [0.1, 0.15) is 0 Å². The number of methoxy groups -OCH3 is 2. The van der Waals surface area contributed by atoms with Crippen molar-refractivity contribution < 1.29 is 38.1 Å². The second kappa shape index (κ2) is 6.82. The maximum absolute atomic E-state index is 11.4. The first kappa shape index (κ1) is 12.5. The van der Waals surface area contributed by atoms with Gasteiger partial charge in [0.25, 0.3) is 0 Å². The van der Waals surface area contributed by atoms with Crippen LogP contribution in [0.3, 0.4) is 0 Å². The Morgan fingerprint density at radius 2 is 1.73 bits per heavy atom. The predicted octanol–water partition coefficient (Wildman–Crippen LogP) is 1.45. The van der Waals surface area contributed by atoms with E-state index in [0.29, 0.717) is 5.75 Å². The van der Waals surface area contributed by atoms with Crippen molar-refractivity contribution in [2.24, 2.45) is 0 Å². The van der Waals surface area contributed by atoms with Crippen molar-refractivity contribution in [1.82, 2.24) is 0 Å². The van der Waals surface area contributed by atoms with Gasteiger partial charge in [-0.15, -0.1) is 0 Å². The van der Waals surface area contributed by atoms with E-state index in [1.54, 1.807) is 24.3 Å². The summed E-state index contributed by atoms with van der Waals surface area (Å²) in [5.74, 6) is 0.508. The molecule has 0 aliphatic heterocycles. The third-order valence-electron chi connectivity index (χ3n) is 1.52. The van der Waals surface area contributed by atoms with Gasteiger partial charge in [-0.25, -0.2) is 0 Å². The average Bonchev–Trinajstić information content (AvgIpc) is 2.27. The van der Waals surface area contributed by atoms with Crippen LogP contribution in [0, 0.1) is 0 Å². The first-order chi connectivity index (χ1) is 7.26. The number of hydrogen-bond acceptors (Lipinski definition) is 5. The Labute approximate surface area is 95.0 Å². The van der Waals surface area contributed by atoms with Crippen molar-refractivity contribution in [3.8, 4) is 5.75 Å². The van der Waals surface area contributed by atoms with Crippen LogP contribution in [0.15, 0.2) is 30.3 Å². The number of ether oxygens (including phenoxy) is 2. The zero-order valence-corrected chi connectivity index (χ0v) is 10.1. The topological polar surface area (TPSA) is 54.0 Å². The Hall–Kier alpha value is -0.586. The molecule has 0 spiro atoms. The Bertz CT molecular complexity index is 299. The molecular formula is C9H12O5Ti. The van der Waals surface area contributed by atoms with E-state index in [4.69, 9.17) is 16.1 Å². The Kier molecular flexibility index (Phi) is 5.67. The summed E-state index contributed by atoms with van der Waals surface area (Å²) in [6.07, 6.45) is 0. The third-order valence-corrected chi connectivity index (χ3v) is 2.75. The molecule has 1 aromatic carbocycles. The van der Waals surface area contributed by atoms with Gasteiger partial charge in [-0.1, -0.05) is 0 Å². The summed E-state index contributed by atoms with van der Waals surface area (Å²) in [6.45, 7) is -0.943. The molecule has 0 radical (unpaired) electrons. The molecule has 0 aliphatic carbocycles. The van der Waals surface area contributed by atoms with Crippen molar-refractivity contribution in [3.63, 3.8) is 0 Å². The molecule has 0 aromatic heterocycles. The van der Waals surface area contributed by atoms with Crippen molar-refractivity contribution in [2.45, 2.75) is 6.48 Å². The van der Waals surface area contributed by atoms with Crippen molar-refractivity contribution >= 4 is 0 Å². The zero-order valence-electron chi connectivity index (χ0n) is 8.51. The summed E-state index contributed by atoms with van der Waals surface area (Å²) in [4.78, 5) is 0. The van der Waals surface area contributed by atoms with Crippen LogP contribution >= 0.6 is 0 Å². The van der Waals surface area contributed by atoms with E-state index in [1.807, 2.05) is 6.07 Å². The van der Waals surface area contributed by atoms with Gasteiger partial charge in [0.2, 0.25) is 0 Å². The van der Waals surface area contributed by atoms with Crippen molar-refractivity contribution in [2.75, 3.05) is 14.2 Å². The second-order valence-electron chi connectivity index (χ2n) is 2.54. The number of rotatable bonds is 6. The van der Waals surface area contributed by atoms with Gasteiger partial charge in [0.15, 0.2) is 0 Å². The fraction of sp³-hybridized carbons (Fsp3) is 0.333. The van der Waals surface area contributed by atoms with E-state index in [9.17, 15) is 3.32 Å². The molecule has 0 bridgehead atoms. The minimum atomic E-state index is -3.29. The predicted molar refractivity (Wildman–Crippen MR) is 46.6 cm³/mol. The van der Waals surface area contributed by atoms with Crippen LogP contribution in [0.25, 0.3) is 0 Å². The average molecular weight is 248 g/mol. The van der Waals surface area contributed by atoms with E-state index in [0.717, 1.165) is 0 Å². The maximum atomic E-state index is 11.4. The Balaban J connectivity index is 2.43. The molecule has 0 atom stereocenters. The molecule has 1 aromatic rings. The van der Waals surface area contributed by atoms with Gasteiger partial charge in [0.05, 0.1) is 0 Å². The van der Waals surface area contributed by atoms with Crippen LogP contribution in [0.5, 0.6) is 5.75 Å². The van der Waals surface area contributed by atoms with Crippen LogP contribution in [0.2, 0.25) is 0 Å². The fourth-order valence-electron chi connectivity index (χ4n) is 0.880. The molecule has 0 amide bonds. The summed E-state index contributed by atoms with van der Waals surface area (Å²) in [5.41, 5.74) is 0. The molecule has 82 valence electrons. The molecule has 5 nitrogen and oxygen atoms in total. The van der Waals surface area contributed by atoms with Crippen LogP contribution in [0.4, 0.5) is 0 Å². The molecule has 0 heterocycles. The van der Waals surface area contributed by atoms with Crippen LogP contribution in [-0.4, -0.2) is 20.7 Å². The number of benzene rings is 1. The summed E-state index contributed by atoms with van der Waals surface area (Å²) in [6, 6.07) is 8.80. The first-order valence-electron chi connectivity index (χ1n) is 4.25. The van der Waals surface area contributed by atoms with Gasteiger partial charge < -0.3 is 0 Å². The van der Waals surface area contributed by atoms with Crippen molar-refractivity contribution in [3.05, 3.63) is 30.3 Å². The van der Waals surface area contributed by atoms with Gasteiger partial charge >= 0.3 is 94.8 Å². The quantitative estimate of drug-likeness (QED) is 0.563. The summed E-state index contributed by atoms with van der Waals surface area (Å²) < 4.78 is 30.8. The molecular weight excluding hydrogens is 236 g/mol. The molecule has 6 heteroatoms. The van der Waals surface area contributed by atoms with Gasteiger partial charge in [0.1, 0.15) is 0 Å². The Morgan fingerprint density at radius 3 is 2.27 bits per heavy atom. The van der Waals surface area contributed by atoms with Crippen LogP contribution in [-0.2, 0) is 34.7 Å². The molecule has 0 saturated carbocycles. The summed E-state index contributed by atoms with van der Waals surface area (Å²) in [7, 11) is 2.78. The third kappa shape index (κ3) is 4.64. The summed E-state index contributed by atoms with van der Waals surface area (Å²) >= 11 is -3.29. The molecule has 0 unspecified atom stereocenters. The molecule has 0 saturated heterocycles. The van der Waals surface area contributed by atoms with Crippen LogP contribution < -0.4 is 3.32 Å². The zero-order chi connectivity index (χ0) is 11.1. The monoisotopic (exact) mass is 248 g/mol. The van der Waals surface area contributed by atoms with Gasteiger partial charge in [0, 0.05) is 0 Å². The number of para-hydroxylation sites is 1. The normalized spacial score (nSPS) is 10.3. The second-order valence-corrected chi connectivity index (χ2v) is 4.01. The molecule has 0 fully saturated rings. The van der Waals surface area contributed by atoms with E-state index in [2.05, 4.69) is 0 Å². The van der Waals surface area contributed by atoms with E-state index < -0.39 is 25.1 Å². The van der Waals surface area contributed by atoms with Gasteiger partial charge in [-0.05, 0) is 0 Å². The standard InChI is InChI=1S/C6H6O.C3H7O3.O.Ti/c7-6-4-2-1-3-5-6;1-5-3(4)6-2;;/h1-5,7H;3H,1-2H3;;/q;-1;;+2/p-1. The van der Waals surface area contributed by atoms with E-state index >= 15 is 0 Å². The van der Waals surface area contributed by atoms with Gasteiger partial charge in [-0.2, -0.15) is 0 Å². The number of hydrogen-bond donors (Lipinski definition) is 0. The molecule has 0 N–H and O–H groups in total. The molecule has 0 aliphatic rings. The van der Waals surface area contributed by atoms with Gasteiger partial charge in [-0.3, -0.25) is 0 Å².